The van der Waals surface area contributed by atoms with Crippen LogP contribution in [0.1, 0.15) is 55.2 Å². The monoisotopic (exact) mass is 349 g/mol. The molecule has 0 radical (unpaired) electrons. The summed E-state index contributed by atoms with van der Waals surface area (Å²) in [5.41, 5.74) is 3.39. The maximum atomic E-state index is 11.8. The van der Waals surface area contributed by atoms with Gasteiger partial charge in [0.2, 0.25) is 0 Å². The lowest BCUT2D eigenvalue weighted by molar-refractivity contribution is -0.0528. The summed E-state index contributed by atoms with van der Waals surface area (Å²) in [5, 5.41) is 11.8. The molecule has 1 unspecified atom stereocenters. The summed E-state index contributed by atoms with van der Waals surface area (Å²) in [4.78, 5) is 2.53. The predicted octanol–water partition coefficient (Wildman–Crippen LogP) is 4.90. The average Bonchev–Trinajstić information content (AvgIpc) is 2.73. The second-order valence-corrected chi connectivity index (χ2v) is 8.17. The Labute approximate surface area is 157 Å². The summed E-state index contributed by atoms with van der Waals surface area (Å²) in [6.07, 6.45) is 8.13. The summed E-state index contributed by atoms with van der Waals surface area (Å²) >= 11 is 0. The minimum absolute atomic E-state index is 0.399. The summed E-state index contributed by atoms with van der Waals surface area (Å²) in [5.74, 6) is 0.399. The Morgan fingerprint density at radius 2 is 1.58 bits per heavy atom. The molecule has 1 saturated carbocycles. The van der Waals surface area contributed by atoms with Crippen molar-refractivity contribution in [1.82, 2.24) is 4.90 Å². The van der Waals surface area contributed by atoms with Gasteiger partial charge in [-0.1, -0.05) is 73.9 Å². The Bertz CT molecular complexity index is 707. The van der Waals surface area contributed by atoms with Crippen LogP contribution in [0.4, 0.5) is 0 Å². The van der Waals surface area contributed by atoms with Crippen molar-refractivity contribution in [2.75, 3.05) is 13.1 Å². The van der Waals surface area contributed by atoms with Crippen molar-refractivity contribution in [1.29, 1.82) is 0 Å². The Morgan fingerprint density at radius 3 is 2.35 bits per heavy atom. The van der Waals surface area contributed by atoms with Crippen LogP contribution in [-0.4, -0.2) is 23.1 Å². The van der Waals surface area contributed by atoms with Gasteiger partial charge in [-0.25, -0.2) is 0 Å². The highest BCUT2D eigenvalue weighted by Gasteiger charge is 2.39. The number of hydrogen-bond acceptors (Lipinski definition) is 2. The first-order valence-corrected chi connectivity index (χ1v) is 10.3. The van der Waals surface area contributed by atoms with Gasteiger partial charge < -0.3 is 5.11 Å². The number of aliphatic hydroxyl groups is 1. The molecule has 1 fully saturated rings. The number of fused-ring (bicyclic) bond motifs is 1. The van der Waals surface area contributed by atoms with E-state index in [1.54, 1.807) is 0 Å². The molecule has 138 valence electrons. The first-order valence-electron chi connectivity index (χ1n) is 10.3. The number of benzene rings is 2. The lowest BCUT2D eigenvalue weighted by Crippen LogP contribution is -2.41. The second kappa shape index (κ2) is 7.94. The molecule has 1 atom stereocenters. The Balaban J connectivity index is 1.49. The van der Waals surface area contributed by atoms with Gasteiger partial charge in [0, 0.05) is 19.6 Å². The van der Waals surface area contributed by atoms with E-state index in [2.05, 4.69) is 53.4 Å². The molecule has 0 saturated heterocycles. The van der Waals surface area contributed by atoms with Crippen molar-refractivity contribution in [2.24, 2.45) is 5.92 Å². The van der Waals surface area contributed by atoms with Gasteiger partial charge in [0.15, 0.2) is 0 Å². The molecule has 2 aromatic carbocycles. The molecular formula is C24H31NO. The minimum atomic E-state index is -0.682. The van der Waals surface area contributed by atoms with E-state index < -0.39 is 5.60 Å². The van der Waals surface area contributed by atoms with Crippen molar-refractivity contribution < 1.29 is 5.11 Å². The van der Waals surface area contributed by atoms with Gasteiger partial charge in [0.05, 0.1) is 5.60 Å². The Hall–Kier alpha value is -1.64. The molecule has 0 amide bonds. The van der Waals surface area contributed by atoms with Crippen molar-refractivity contribution in [3.05, 3.63) is 71.3 Å². The molecule has 2 nitrogen and oxygen atoms in total. The van der Waals surface area contributed by atoms with E-state index in [4.69, 9.17) is 0 Å². The van der Waals surface area contributed by atoms with E-state index in [1.165, 1.54) is 30.4 Å². The van der Waals surface area contributed by atoms with Crippen LogP contribution >= 0.6 is 0 Å². The SMILES string of the molecule is OC(CCN1CCc2ccccc2C1)(c1ccccc1)C1CCCCC1. The van der Waals surface area contributed by atoms with Crippen molar-refractivity contribution in [3.63, 3.8) is 0 Å². The highest BCUT2D eigenvalue weighted by atomic mass is 16.3. The third kappa shape index (κ3) is 3.72. The summed E-state index contributed by atoms with van der Waals surface area (Å²) in [7, 11) is 0. The quantitative estimate of drug-likeness (QED) is 0.829. The molecule has 1 N–H and O–H groups in total. The largest absolute Gasteiger partial charge is 0.385 e. The topological polar surface area (TPSA) is 23.5 Å². The number of nitrogens with zero attached hydrogens (tertiary/aromatic N) is 1. The third-order valence-corrected chi connectivity index (χ3v) is 6.57. The van der Waals surface area contributed by atoms with Crippen LogP contribution in [0.2, 0.25) is 0 Å². The Kier molecular flexibility index (Phi) is 5.42. The summed E-state index contributed by atoms with van der Waals surface area (Å²) < 4.78 is 0. The molecular weight excluding hydrogens is 318 g/mol. The molecule has 26 heavy (non-hydrogen) atoms. The second-order valence-electron chi connectivity index (χ2n) is 8.17. The van der Waals surface area contributed by atoms with Crippen LogP contribution in [0, 0.1) is 5.92 Å². The first-order chi connectivity index (χ1) is 12.8. The fourth-order valence-electron chi connectivity index (χ4n) is 4.96. The van der Waals surface area contributed by atoms with Gasteiger partial charge in [0.1, 0.15) is 0 Å². The zero-order chi connectivity index (χ0) is 17.8. The zero-order valence-electron chi connectivity index (χ0n) is 15.7. The maximum absolute atomic E-state index is 11.8. The minimum Gasteiger partial charge on any atom is -0.385 e. The van der Waals surface area contributed by atoms with E-state index in [1.807, 2.05) is 6.07 Å². The molecule has 1 aliphatic carbocycles. The highest BCUT2D eigenvalue weighted by Crippen LogP contribution is 2.42. The molecule has 0 spiro atoms. The van der Waals surface area contributed by atoms with Gasteiger partial charge in [-0.15, -0.1) is 0 Å². The van der Waals surface area contributed by atoms with E-state index in [9.17, 15) is 5.11 Å². The van der Waals surface area contributed by atoms with Crippen molar-refractivity contribution in [2.45, 2.75) is 57.1 Å². The average molecular weight is 350 g/mol. The standard InChI is InChI=1S/C24H31NO/c26-24(22-11-3-1-4-12-22,23-13-5-2-6-14-23)16-18-25-17-15-20-9-7-8-10-21(20)19-25/h1,3-4,7-12,23,26H,2,5-6,13-19H2. The molecule has 2 heteroatoms. The normalized spacial score (nSPS) is 21.1. The first kappa shape index (κ1) is 17.8. The van der Waals surface area contributed by atoms with Crippen molar-refractivity contribution >= 4 is 0 Å². The van der Waals surface area contributed by atoms with Crippen LogP contribution in [-0.2, 0) is 18.6 Å². The van der Waals surface area contributed by atoms with Crippen LogP contribution in [0.15, 0.2) is 54.6 Å². The predicted molar refractivity (Wildman–Crippen MR) is 107 cm³/mol. The summed E-state index contributed by atoms with van der Waals surface area (Å²) in [6, 6.07) is 19.2. The maximum Gasteiger partial charge on any atom is 0.0936 e. The number of rotatable bonds is 5. The lowest BCUT2D eigenvalue weighted by atomic mass is 9.71. The van der Waals surface area contributed by atoms with Gasteiger partial charge in [0.25, 0.3) is 0 Å². The molecule has 1 aliphatic heterocycles. The Morgan fingerprint density at radius 1 is 0.885 bits per heavy atom. The summed E-state index contributed by atoms with van der Waals surface area (Å²) in [6.45, 7) is 3.09. The van der Waals surface area contributed by atoms with E-state index in [0.717, 1.165) is 50.9 Å². The van der Waals surface area contributed by atoms with Gasteiger partial charge in [-0.2, -0.15) is 0 Å². The van der Waals surface area contributed by atoms with Crippen LogP contribution < -0.4 is 0 Å². The number of hydrogen-bond donors (Lipinski definition) is 1. The van der Waals surface area contributed by atoms with Gasteiger partial charge >= 0.3 is 0 Å². The molecule has 0 bridgehead atoms. The van der Waals surface area contributed by atoms with E-state index in [-0.39, 0.29) is 0 Å². The van der Waals surface area contributed by atoms with E-state index in [0.29, 0.717) is 5.92 Å². The highest BCUT2D eigenvalue weighted by molar-refractivity contribution is 5.29. The third-order valence-electron chi connectivity index (χ3n) is 6.57. The van der Waals surface area contributed by atoms with Crippen LogP contribution in [0.3, 0.4) is 0 Å². The smallest absolute Gasteiger partial charge is 0.0936 e. The fourth-order valence-corrected chi connectivity index (χ4v) is 4.96. The molecule has 0 aromatic heterocycles. The lowest BCUT2D eigenvalue weighted by Gasteiger charge is -2.41. The molecule has 2 aliphatic rings. The van der Waals surface area contributed by atoms with E-state index >= 15 is 0 Å². The van der Waals surface area contributed by atoms with Gasteiger partial charge in [-0.05, 0) is 48.3 Å². The zero-order valence-corrected chi connectivity index (χ0v) is 15.7. The fraction of sp³-hybridized carbons (Fsp3) is 0.500. The van der Waals surface area contributed by atoms with Gasteiger partial charge in [-0.3, -0.25) is 4.90 Å². The van der Waals surface area contributed by atoms with Crippen LogP contribution in [0.5, 0.6) is 0 Å². The molecule has 4 rings (SSSR count). The van der Waals surface area contributed by atoms with Crippen molar-refractivity contribution in [3.8, 4) is 0 Å². The molecule has 1 heterocycles. The molecule has 2 aromatic rings. The van der Waals surface area contributed by atoms with Crippen LogP contribution in [0.25, 0.3) is 0 Å².